The molecule has 0 saturated carbocycles. The van der Waals surface area contributed by atoms with Gasteiger partial charge in [0.15, 0.2) is 0 Å². The number of aromatic amines is 1. The van der Waals surface area contributed by atoms with Crippen LogP contribution in [0.2, 0.25) is 0 Å². The van der Waals surface area contributed by atoms with Crippen molar-refractivity contribution in [1.82, 2.24) is 10.3 Å². The van der Waals surface area contributed by atoms with Crippen LogP contribution in [-0.4, -0.2) is 17.4 Å². The molecule has 0 radical (unpaired) electrons. The number of amides is 1. The number of H-pyrrole nitrogens is 1. The van der Waals surface area contributed by atoms with Gasteiger partial charge in [-0.25, -0.2) is 8.78 Å². The SMILES string of the molecule is CCCNC(=O)c1ccc(-c2cc(F)cc(F)c2)[nH]c1=O. The Morgan fingerprint density at radius 1 is 1.19 bits per heavy atom. The first-order valence-electron chi connectivity index (χ1n) is 6.49. The van der Waals surface area contributed by atoms with Gasteiger partial charge in [0.05, 0.1) is 0 Å². The summed E-state index contributed by atoms with van der Waals surface area (Å²) in [5.74, 6) is -1.96. The van der Waals surface area contributed by atoms with E-state index < -0.39 is 23.1 Å². The molecule has 2 N–H and O–H groups in total. The van der Waals surface area contributed by atoms with E-state index in [1.807, 2.05) is 6.92 Å². The molecule has 2 aromatic rings. The Morgan fingerprint density at radius 3 is 2.43 bits per heavy atom. The van der Waals surface area contributed by atoms with Gasteiger partial charge in [0.25, 0.3) is 11.5 Å². The second-order valence-electron chi connectivity index (χ2n) is 4.53. The van der Waals surface area contributed by atoms with Crippen molar-refractivity contribution in [3.8, 4) is 11.3 Å². The maximum absolute atomic E-state index is 13.2. The van der Waals surface area contributed by atoms with Crippen LogP contribution in [0.25, 0.3) is 11.3 Å². The fraction of sp³-hybridized carbons (Fsp3) is 0.200. The third kappa shape index (κ3) is 3.53. The molecule has 4 nitrogen and oxygen atoms in total. The summed E-state index contributed by atoms with van der Waals surface area (Å²) in [5, 5.41) is 2.59. The van der Waals surface area contributed by atoms with Crippen molar-refractivity contribution in [3.05, 3.63) is 57.9 Å². The van der Waals surface area contributed by atoms with E-state index in [1.165, 1.54) is 12.1 Å². The summed E-state index contributed by atoms with van der Waals surface area (Å²) in [6.07, 6.45) is 0.754. The Balaban J connectivity index is 2.35. The highest BCUT2D eigenvalue weighted by atomic mass is 19.1. The van der Waals surface area contributed by atoms with Crippen molar-refractivity contribution < 1.29 is 13.6 Å². The van der Waals surface area contributed by atoms with E-state index in [-0.39, 0.29) is 16.8 Å². The predicted molar refractivity (Wildman–Crippen MR) is 75.0 cm³/mol. The van der Waals surface area contributed by atoms with E-state index in [4.69, 9.17) is 0 Å². The smallest absolute Gasteiger partial charge is 0.261 e. The van der Waals surface area contributed by atoms with E-state index in [2.05, 4.69) is 10.3 Å². The number of aromatic nitrogens is 1. The van der Waals surface area contributed by atoms with Crippen LogP contribution in [0, 0.1) is 11.6 Å². The number of rotatable bonds is 4. The van der Waals surface area contributed by atoms with Crippen LogP contribution in [0.15, 0.2) is 35.1 Å². The molecule has 0 aliphatic rings. The van der Waals surface area contributed by atoms with Gasteiger partial charge in [0, 0.05) is 23.9 Å². The van der Waals surface area contributed by atoms with Crippen molar-refractivity contribution >= 4 is 5.91 Å². The Kier molecular flexibility index (Phi) is 4.47. The standard InChI is InChI=1S/C15H14F2N2O2/c1-2-5-18-14(20)12-3-4-13(19-15(12)21)9-6-10(16)8-11(17)7-9/h3-4,6-8H,2,5H2,1H3,(H,18,20)(H,19,21). The first-order chi connectivity index (χ1) is 10.0. The number of carbonyl (C=O) groups excluding carboxylic acids is 1. The fourth-order valence-corrected chi connectivity index (χ4v) is 1.86. The molecule has 0 aliphatic carbocycles. The van der Waals surface area contributed by atoms with E-state index in [1.54, 1.807) is 0 Å². The molecule has 0 aliphatic heterocycles. The Labute approximate surface area is 119 Å². The van der Waals surface area contributed by atoms with Crippen LogP contribution in [0.4, 0.5) is 8.78 Å². The van der Waals surface area contributed by atoms with Gasteiger partial charge in [-0.1, -0.05) is 6.92 Å². The van der Waals surface area contributed by atoms with E-state index in [0.29, 0.717) is 6.54 Å². The van der Waals surface area contributed by atoms with Gasteiger partial charge in [0.1, 0.15) is 17.2 Å². The number of hydrogen-bond donors (Lipinski definition) is 2. The molecule has 1 aromatic carbocycles. The topological polar surface area (TPSA) is 62.0 Å². The predicted octanol–water partition coefficient (Wildman–Crippen LogP) is 2.46. The fourth-order valence-electron chi connectivity index (χ4n) is 1.86. The lowest BCUT2D eigenvalue weighted by atomic mass is 10.1. The number of nitrogens with one attached hydrogen (secondary N) is 2. The van der Waals surface area contributed by atoms with Crippen molar-refractivity contribution in [2.75, 3.05) is 6.54 Å². The molecule has 110 valence electrons. The minimum Gasteiger partial charge on any atom is -0.352 e. The molecular formula is C15H14F2N2O2. The van der Waals surface area contributed by atoms with Gasteiger partial charge in [-0.15, -0.1) is 0 Å². The second kappa shape index (κ2) is 6.30. The number of halogens is 2. The van der Waals surface area contributed by atoms with Crippen LogP contribution in [0.1, 0.15) is 23.7 Å². The van der Waals surface area contributed by atoms with Gasteiger partial charge >= 0.3 is 0 Å². The van der Waals surface area contributed by atoms with Crippen LogP contribution in [0.5, 0.6) is 0 Å². The molecule has 1 aromatic heterocycles. The molecule has 0 spiro atoms. The third-order valence-corrected chi connectivity index (χ3v) is 2.86. The van der Waals surface area contributed by atoms with E-state index >= 15 is 0 Å². The molecular weight excluding hydrogens is 278 g/mol. The van der Waals surface area contributed by atoms with Crippen molar-refractivity contribution in [2.24, 2.45) is 0 Å². The lowest BCUT2D eigenvalue weighted by Gasteiger charge is -2.05. The monoisotopic (exact) mass is 292 g/mol. The third-order valence-electron chi connectivity index (χ3n) is 2.86. The maximum atomic E-state index is 13.2. The molecule has 0 fully saturated rings. The average molecular weight is 292 g/mol. The second-order valence-corrected chi connectivity index (χ2v) is 4.53. The van der Waals surface area contributed by atoms with Crippen molar-refractivity contribution in [1.29, 1.82) is 0 Å². The zero-order chi connectivity index (χ0) is 15.4. The molecule has 0 bridgehead atoms. The number of carbonyl (C=O) groups is 1. The van der Waals surface area contributed by atoms with Gasteiger partial charge in [-0.3, -0.25) is 9.59 Å². The summed E-state index contributed by atoms with van der Waals surface area (Å²) in [7, 11) is 0. The molecule has 0 unspecified atom stereocenters. The highest BCUT2D eigenvalue weighted by Gasteiger charge is 2.11. The minimum atomic E-state index is -0.740. The highest BCUT2D eigenvalue weighted by Crippen LogP contribution is 2.18. The molecule has 2 rings (SSSR count). The average Bonchev–Trinajstić information content (AvgIpc) is 2.43. The lowest BCUT2D eigenvalue weighted by molar-refractivity contribution is 0.0952. The van der Waals surface area contributed by atoms with Crippen molar-refractivity contribution in [2.45, 2.75) is 13.3 Å². The summed E-state index contributed by atoms with van der Waals surface area (Å²) in [5.41, 5.74) is -0.203. The zero-order valence-electron chi connectivity index (χ0n) is 11.4. The van der Waals surface area contributed by atoms with E-state index in [9.17, 15) is 18.4 Å². The summed E-state index contributed by atoms with van der Waals surface area (Å²) in [6, 6.07) is 5.73. The summed E-state index contributed by atoms with van der Waals surface area (Å²) in [6.45, 7) is 2.36. The zero-order valence-corrected chi connectivity index (χ0v) is 11.4. The molecule has 1 amide bonds. The molecule has 0 saturated heterocycles. The maximum Gasteiger partial charge on any atom is 0.261 e. The lowest BCUT2D eigenvalue weighted by Crippen LogP contribution is -2.30. The molecule has 21 heavy (non-hydrogen) atoms. The van der Waals surface area contributed by atoms with Gasteiger partial charge in [-0.05, 0) is 30.7 Å². The molecule has 1 heterocycles. The first-order valence-corrected chi connectivity index (χ1v) is 6.49. The number of benzene rings is 1. The molecule has 6 heteroatoms. The Bertz CT molecular complexity index is 706. The van der Waals surface area contributed by atoms with Crippen LogP contribution < -0.4 is 10.9 Å². The van der Waals surface area contributed by atoms with Crippen molar-refractivity contribution in [3.63, 3.8) is 0 Å². The summed E-state index contributed by atoms with van der Waals surface area (Å²) < 4.78 is 26.3. The van der Waals surface area contributed by atoms with Crippen LogP contribution in [-0.2, 0) is 0 Å². The summed E-state index contributed by atoms with van der Waals surface area (Å²) in [4.78, 5) is 26.1. The summed E-state index contributed by atoms with van der Waals surface area (Å²) >= 11 is 0. The van der Waals surface area contributed by atoms with Crippen LogP contribution >= 0.6 is 0 Å². The normalized spacial score (nSPS) is 10.4. The van der Waals surface area contributed by atoms with E-state index in [0.717, 1.165) is 24.6 Å². The highest BCUT2D eigenvalue weighted by molar-refractivity contribution is 5.94. The quantitative estimate of drug-likeness (QED) is 0.909. The number of pyridine rings is 1. The van der Waals surface area contributed by atoms with Gasteiger partial charge in [0.2, 0.25) is 0 Å². The number of hydrogen-bond acceptors (Lipinski definition) is 2. The Morgan fingerprint density at radius 2 is 1.86 bits per heavy atom. The largest absolute Gasteiger partial charge is 0.352 e. The Hall–Kier alpha value is -2.50. The van der Waals surface area contributed by atoms with Gasteiger partial charge < -0.3 is 10.3 Å². The molecule has 0 atom stereocenters. The van der Waals surface area contributed by atoms with Gasteiger partial charge in [-0.2, -0.15) is 0 Å². The minimum absolute atomic E-state index is 0.0379. The van der Waals surface area contributed by atoms with Crippen LogP contribution in [0.3, 0.4) is 0 Å². The first kappa shape index (κ1) is 14.9.